The number of benzene rings is 1. The summed E-state index contributed by atoms with van der Waals surface area (Å²) in [4.78, 5) is 0. The van der Waals surface area contributed by atoms with Gasteiger partial charge in [0, 0.05) is 12.5 Å². The first kappa shape index (κ1) is 10.8. The number of nitrogens with zero attached hydrogens (tertiary/aromatic N) is 1. The van der Waals surface area contributed by atoms with Crippen LogP contribution in [0, 0.1) is 5.92 Å². The first-order chi connectivity index (χ1) is 9.35. The molecule has 0 radical (unpaired) electrons. The van der Waals surface area contributed by atoms with E-state index in [1.54, 1.807) is 0 Å². The Morgan fingerprint density at radius 2 is 2.21 bits per heavy atom. The van der Waals surface area contributed by atoms with Crippen LogP contribution in [-0.4, -0.2) is 0 Å². The van der Waals surface area contributed by atoms with Crippen LogP contribution in [0.15, 0.2) is 59.1 Å². The van der Waals surface area contributed by atoms with E-state index in [0.717, 1.165) is 11.5 Å². The molecule has 0 amide bonds. The monoisotopic (exact) mass is 250 g/mol. The molecule has 19 heavy (non-hydrogen) atoms. The molecule has 2 atom stereocenters. The second-order valence-corrected chi connectivity index (χ2v) is 5.21. The van der Waals surface area contributed by atoms with Gasteiger partial charge in [-0.1, -0.05) is 30.9 Å². The standard InChI is InChI=1S/C17H16NO/c1-3-7-12-11(4-2)13-10-15(13)18-14-8-5-6-9-16(14)19-17(12)18/h3-9,13,15H,1,10H2,2H3/q+1/b11-4+,12-7+. The van der Waals surface area contributed by atoms with E-state index in [-0.39, 0.29) is 0 Å². The highest BCUT2D eigenvalue weighted by molar-refractivity contribution is 5.80. The van der Waals surface area contributed by atoms with Gasteiger partial charge in [-0.15, -0.1) is 0 Å². The molecule has 2 aromatic rings. The predicted molar refractivity (Wildman–Crippen MR) is 75.5 cm³/mol. The molecule has 2 heterocycles. The lowest BCUT2D eigenvalue weighted by molar-refractivity contribution is -0.686. The zero-order valence-electron chi connectivity index (χ0n) is 11.0. The normalized spacial score (nSPS) is 28.5. The molecule has 0 bridgehead atoms. The number of fused-ring (bicyclic) bond motifs is 5. The number of hydrogen-bond acceptors (Lipinski definition) is 1. The fourth-order valence-corrected chi connectivity index (χ4v) is 3.30. The van der Waals surface area contributed by atoms with Crippen LogP contribution in [0.1, 0.15) is 25.3 Å². The van der Waals surface area contributed by atoms with Crippen molar-refractivity contribution in [2.75, 3.05) is 0 Å². The molecular formula is C17H16NO+. The molecule has 2 nitrogen and oxygen atoms in total. The van der Waals surface area contributed by atoms with Crippen LogP contribution in [0.25, 0.3) is 16.7 Å². The van der Waals surface area contributed by atoms with Crippen molar-refractivity contribution in [2.45, 2.75) is 19.4 Å². The molecule has 2 unspecified atom stereocenters. The summed E-state index contributed by atoms with van der Waals surface area (Å²) >= 11 is 0. The van der Waals surface area contributed by atoms with Crippen molar-refractivity contribution in [1.82, 2.24) is 0 Å². The molecule has 4 rings (SSSR count). The summed E-state index contributed by atoms with van der Waals surface area (Å²) in [5, 5.41) is 0. The summed E-state index contributed by atoms with van der Waals surface area (Å²) in [6, 6.07) is 8.86. The molecule has 94 valence electrons. The van der Waals surface area contributed by atoms with Crippen molar-refractivity contribution in [2.24, 2.45) is 5.92 Å². The number of hydrogen-bond donors (Lipinski definition) is 0. The minimum atomic E-state index is 0.576. The van der Waals surface area contributed by atoms with Crippen LogP contribution in [0.4, 0.5) is 0 Å². The number of rotatable bonds is 1. The van der Waals surface area contributed by atoms with E-state index in [9.17, 15) is 0 Å². The molecule has 1 aromatic heterocycles. The zero-order valence-corrected chi connectivity index (χ0v) is 11.0. The maximum absolute atomic E-state index is 6.09. The highest BCUT2D eigenvalue weighted by Gasteiger charge is 2.57. The first-order valence-electron chi connectivity index (χ1n) is 6.78. The van der Waals surface area contributed by atoms with Crippen molar-refractivity contribution in [3.05, 3.63) is 60.5 Å². The molecule has 0 spiro atoms. The lowest BCUT2D eigenvalue weighted by atomic mass is 9.97. The van der Waals surface area contributed by atoms with Crippen LogP contribution in [-0.2, 0) is 0 Å². The lowest BCUT2D eigenvalue weighted by Gasteiger charge is -2.11. The molecule has 2 heteroatoms. The largest absolute Gasteiger partial charge is 0.398 e. The van der Waals surface area contributed by atoms with E-state index in [2.05, 4.69) is 42.4 Å². The van der Waals surface area contributed by atoms with E-state index in [0.29, 0.717) is 12.0 Å². The lowest BCUT2D eigenvalue weighted by Crippen LogP contribution is -2.38. The number of para-hydroxylation sites is 2. The van der Waals surface area contributed by atoms with E-state index < -0.39 is 0 Å². The van der Waals surface area contributed by atoms with E-state index in [1.807, 2.05) is 18.2 Å². The Morgan fingerprint density at radius 3 is 3.00 bits per heavy atom. The van der Waals surface area contributed by atoms with Gasteiger partial charge in [0.25, 0.3) is 5.52 Å². The van der Waals surface area contributed by atoms with Crippen LogP contribution in [0.5, 0.6) is 0 Å². The van der Waals surface area contributed by atoms with Gasteiger partial charge in [0.05, 0.1) is 11.5 Å². The molecule has 1 aliphatic heterocycles. The third-order valence-corrected chi connectivity index (χ3v) is 4.18. The molecule has 1 aromatic carbocycles. The van der Waals surface area contributed by atoms with Crippen LogP contribution in [0.3, 0.4) is 0 Å². The van der Waals surface area contributed by atoms with Crippen LogP contribution in [0.2, 0.25) is 0 Å². The number of allylic oxidation sites excluding steroid dienone is 5. The molecule has 2 aliphatic rings. The average Bonchev–Trinajstić information content (AvgIpc) is 3.12. The maximum Gasteiger partial charge on any atom is 0.382 e. The summed E-state index contributed by atoms with van der Waals surface area (Å²) in [5.41, 5.74) is 4.77. The zero-order chi connectivity index (χ0) is 13.0. The fraction of sp³-hybridized carbons (Fsp3) is 0.235. The van der Waals surface area contributed by atoms with Crippen molar-refractivity contribution >= 4 is 16.7 Å². The average molecular weight is 250 g/mol. The Morgan fingerprint density at radius 1 is 1.37 bits per heavy atom. The molecule has 1 fully saturated rings. The van der Waals surface area contributed by atoms with E-state index >= 15 is 0 Å². The van der Waals surface area contributed by atoms with Gasteiger partial charge in [-0.25, -0.2) is 0 Å². The van der Waals surface area contributed by atoms with Crippen LogP contribution < -0.4 is 4.57 Å². The molecular weight excluding hydrogens is 234 g/mol. The fourth-order valence-electron chi connectivity index (χ4n) is 3.30. The van der Waals surface area contributed by atoms with Crippen molar-refractivity contribution < 1.29 is 8.98 Å². The smallest absolute Gasteiger partial charge is 0.382 e. The quantitative estimate of drug-likeness (QED) is 0.703. The summed E-state index contributed by atoms with van der Waals surface area (Å²) in [6.07, 6.45) is 7.35. The van der Waals surface area contributed by atoms with Crippen LogP contribution >= 0.6 is 0 Å². The Labute approximate surface area is 112 Å². The molecule has 1 aliphatic carbocycles. The Balaban J connectivity index is 2.07. The molecule has 1 saturated carbocycles. The molecule has 0 saturated heterocycles. The molecule has 0 N–H and O–H groups in total. The van der Waals surface area contributed by atoms with Gasteiger partial charge in [0.15, 0.2) is 6.04 Å². The van der Waals surface area contributed by atoms with Crippen molar-refractivity contribution in [1.29, 1.82) is 0 Å². The van der Waals surface area contributed by atoms with Gasteiger partial charge < -0.3 is 4.42 Å². The minimum absolute atomic E-state index is 0.576. The van der Waals surface area contributed by atoms with Gasteiger partial charge in [-0.3, -0.25) is 0 Å². The number of oxazole rings is 1. The third-order valence-electron chi connectivity index (χ3n) is 4.18. The van der Waals surface area contributed by atoms with E-state index in [1.165, 1.54) is 23.1 Å². The van der Waals surface area contributed by atoms with Crippen molar-refractivity contribution in [3.8, 4) is 0 Å². The highest BCUT2D eigenvalue weighted by atomic mass is 16.4. The second kappa shape index (κ2) is 3.70. The maximum atomic E-state index is 6.09. The Hall–Kier alpha value is -2.09. The third kappa shape index (κ3) is 1.34. The van der Waals surface area contributed by atoms with Gasteiger partial charge in [0.1, 0.15) is 0 Å². The van der Waals surface area contributed by atoms with Gasteiger partial charge in [-0.05, 0) is 24.6 Å². The first-order valence-corrected chi connectivity index (χ1v) is 6.78. The Bertz CT molecular complexity index is 748. The second-order valence-electron chi connectivity index (χ2n) is 5.21. The van der Waals surface area contributed by atoms with Gasteiger partial charge >= 0.3 is 5.89 Å². The van der Waals surface area contributed by atoms with Gasteiger partial charge in [-0.2, -0.15) is 4.57 Å². The number of aromatic nitrogens is 1. The topological polar surface area (TPSA) is 17.0 Å². The van der Waals surface area contributed by atoms with E-state index in [4.69, 9.17) is 4.42 Å². The minimum Gasteiger partial charge on any atom is -0.398 e. The highest BCUT2D eigenvalue weighted by Crippen LogP contribution is 2.53. The summed E-state index contributed by atoms with van der Waals surface area (Å²) in [5.74, 6) is 1.63. The summed E-state index contributed by atoms with van der Waals surface area (Å²) in [7, 11) is 0. The van der Waals surface area contributed by atoms with Crippen molar-refractivity contribution in [3.63, 3.8) is 0 Å². The summed E-state index contributed by atoms with van der Waals surface area (Å²) < 4.78 is 8.45. The Kier molecular flexibility index (Phi) is 2.10. The summed E-state index contributed by atoms with van der Waals surface area (Å²) in [6.45, 7) is 5.95. The van der Waals surface area contributed by atoms with Gasteiger partial charge in [0.2, 0.25) is 5.58 Å². The predicted octanol–water partition coefficient (Wildman–Crippen LogP) is 3.81. The SMILES string of the molecule is C=C/C=C1\C(=C/C)C2CC2[n+]2c1oc1ccccc12.